The third-order valence-electron chi connectivity index (χ3n) is 1.64. The molecule has 0 bridgehead atoms. The number of likely N-dealkylation sites (N-methyl/N-ethyl adjacent to an activating group) is 1. The molecule has 0 aromatic heterocycles. The molecule has 0 spiro atoms. The molecule has 0 aromatic rings. The summed E-state index contributed by atoms with van der Waals surface area (Å²) in [5, 5.41) is 11.6. The van der Waals surface area contributed by atoms with Crippen molar-refractivity contribution in [3.05, 3.63) is 0 Å². The zero-order valence-corrected chi connectivity index (χ0v) is 6.41. The second kappa shape index (κ2) is 3.54. The number of amides is 1. The van der Waals surface area contributed by atoms with Crippen molar-refractivity contribution in [3.63, 3.8) is 0 Å². The Balaban J connectivity index is 2.38. The summed E-state index contributed by atoms with van der Waals surface area (Å²) in [7, 11) is 1.50. The molecule has 0 radical (unpaired) electrons. The van der Waals surface area contributed by atoms with E-state index >= 15 is 0 Å². The average molecular weight is 160 g/mol. The maximum absolute atomic E-state index is 10.4. The van der Waals surface area contributed by atoms with Crippen molar-refractivity contribution in [2.24, 2.45) is 0 Å². The second-order valence-electron chi connectivity index (χ2n) is 2.42. The molecule has 0 aliphatic carbocycles. The van der Waals surface area contributed by atoms with Crippen molar-refractivity contribution in [2.75, 3.05) is 26.7 Å². The summed E-state index contributed by atoms with van der Waals surface area (Å²) in [4.78, 5) is 11.6. The summed E-state index contributed by atoms with van der Waals surface area (Å²) < 4.78 is 5.18. The molecule has 11 heavy (non-hydrogen) atoms. The van der Waals surface area contributed by atoms with Gasteiger partial charge in [-0.15, -0.1) is 0 Å². The van der Waals surface area contributed by atoms with E-state index < -0.39 is 6.09 Å². The number of carboxylic acid groups (broad SMARTS) is 1. The Hall–Kier alpha value is -0.810. The third kappa shape index (κ3) is 2.06. The zero-order valence-electron chi connectivity index (χ0n) is 6.41. The lowest BCUT2D eigenvalue weighted by molar-refractivity contribution is -0.0532. The Labute approximate surface area is 64.9 Å². The molecule has 1 fully saturated rings. The zero-order chi connectivity index (χ0) is 8.27. The summed E-state index contributed by atoms with van der Waals surface area (Å²) in [5.41, 5.74) is 0. The first kappa shape index (κ1) is 8.29. The number of hydrogen-bond donors (Lipinski definition) is 2. The first-order valence-corrected chi connectivity index (χ1v) is 3.50. The van der Waals surface area contributed by atoms with Gasteiger partial charge in [0.15, 0.2) is 0 Å². The summed E-state index contributed by atoms with van der Waals surface area (Å²) in [6, 6.07) is 0. The minimum absolute atomic E-state index is 0.332. The van der Waals surface area contributed by atoms with Crippen LogP contribution in [0.3, 0.4) is 0 Å². The number of carbonyl (C=O) groups is 1. The summed E-state index contributed by atoms with van der Waals surface area (Å²) in [6.45, 7) is 1.94. The molecular weight excluding hydrogens is 148 g/mol. The fraction of sp³-hybridized carbons (Fsp3) is 0.833. The highest BCUT2D eigenvalue weighted by Crippen LogP contribution is 2.00. The molecule has 0 aromatic carbocycles. The van der Waals surface area contributed by atoms with E-state index in [-0.39, 0.29) is 6.23 Å². The normalized spacial score (nSPS) is 24.6. The van der Waals surface area contributed by atoms with Crippen LogP contribution < -0.4 is 5.32 Å². The van der Waals surface area contributed by atoms with Gasteiger partial charge in [0.1, 0.15) is 6.23 Å². The van der Waals surface area contributed by atoms with E-state index in [0.29, 0.717) is 13.2 Å². The van der Waals surface area contributed by atoms with Gasteiger partial charge in [-0.2, -0.15) is 0 Å². The largest absolute Gasteiger partial charge is 0.465 e. The monoisotopic (exact) mass is 160 g/mol. The quantitative estimate of drug-likeness (QED) is 0.545. The van der Waals surface area contributed by atoms with Crippen molar-refractivity contribution in [1.29, 1.82) is 0 Å². The molecule has 1 rings (SSSR count). The minimum atomic E-state index is -0.960. The van der Waals surface area contributed by atoms with Crippen LogP contribution in [0.25, 0.3) is 0 Å². The lowest BCUT2D eigenvalue weighted by atomic mass is 10.4. The van der Waals surface area contributed by atoms with E-state index in [9.17, 15) is 4.79 Å². The molecule has 0 saturated carbocycles. The smallest absolute Gasteiger partial charge is 0.409 e. The van der Waals surface area contributed by atoms with E-state index in [2.05, 4.69) is 5.32 Å². The van der Waals surface area contributed by atoms with Gasteiger partial charge in [-0.25, -0.2) is 4.79 Å². The van der Waals surface area contributed by atoms with Crippen LogP contribution in [-0.2, 0) is 4.74 Å². The van der Waals surface area contributed by atoms with Crippen LogP contribution in [0.15, 0.2) is 0 Å². The van der Waals surface area contributed by atoms with Crippen LogP contribution in [0.4, 0.5) is 4.79 Å². The first-order valence-electron chi connectivity index (χ1n) is 3.50. The number of ether oxygens (including phenoxy) is 1. The molecule has 1 saturated heterocycles. The van der Waals surface area contributed by atoms with Crippen molar-refractivity contribution in [2.45, 2.75) is 6.23 Å². The van der Waals surface area contributed by atoms with Gasteiger partial charge >= 0.3 is 6.09 Å². The van der Waals surface area contributed by atoms with Gasteiger partial charge in [0.2, 0.25) is 0 Å². The second-order valence-corrected chi connectivity index (χ2v) is 2.42. The highest BCUT2D eigenvalue weighted by Gasteiger charge is 2.21. The molecule has 1 unspecified atom stereocenters. The Morgan fingerprint density at radius 2 is 2.55 bits per heavy atom. The van der Waals surface area contributed by atoms with Crippen LogP contribution >= 0.6 is 0 Å². The summed E-state index contributed by atoms with van der Waals surface area (Å²) in [6.07, 6.45) is -1.29. The standard InChI is InChI=1S/C6H12N2O3/c1-8(6(9)10)5-4-7-2-3-11-5/h5,7H,2-4H2,1H3,(H,9,10). The fourth-order valence-corrected chi connectivity index (χ4v) is 0.924. The van der Waals surface area contributed by atoms with Crippen molar-refractivity contribution < 1.29 is 14.6 Å². The summed E-state index contributed by atoms with van der Waals surface area (Å²) >= 11 is 0. The van der Waals surface area contributed by atoms with Crippen LogP contribution in [0, 0.1) is 0 Å². The number of nitrogens with zero attached hydrogens (tertiary/aromatic N) is 1. The van der Waals surface area contributed by atoms with Crippen LogP contribution in [0.1, 0.15) is 0 Å². The third-order valence-corrected chi connectivity index (χ3v) is 1.64. The van der Waals surface area contributed by atoms with Crippen molar-refractivity contribution in [3.8, 4) is 0 Å². The predicted octanol–water partition coefficient (Wildman–Crippen LogP) is -0.458. The molecule has 1 aliphatic heterocycles. The molecule has 5 heteroatoms. The topological polar surface area (TPSA) is 61.8 Å². The van der Waals surface area contributed by atoms with E-state index in [4.69, 9.17) is 9.84 Å². The van der Waals surface area contributed by atoms with E-state index in [1.54, 1.807) is 0 Å². The van der Waals surface area contributed by atoms with E-state index in [1.165, 1.54) is 7.05 Å². The first-order chi connectivity index (χ1) is 5.22. The number of hydrogen-bond acceptors (Lipinski definition) is 3. The van der Waals surface area contributed by atoms with Gasteiger partial charge in [-0.3, -0.25) is 4.90 Å². The Morgan fingerprint density at radius 3 is 3.00 bits per heavy atom. The van der Waals surface area contributed by atoms with Gasteiger partial charge in [0, 0.05) is 20.1 Å². The number of morpholine rings is 1. The predicted molar refractivity (Wildman–Crippen MR) is 38.4 cm³/mol. The molecular formula is C6H12N2O3. The number of rotatable bonds is 1. The Kier molecular flexibility index (Phi) is 2.67. The Morgan fingerprint density at radius 1 is 1.82 bits per heavy atom. The average Bonchev–Trinajstić information content (AvgIpc) is 2.05. The van der Waals surface area contributed by atoms with Crippen molar-refractivity contribution >= 4 is 6.09 Å². The highest BCUT2D eigenvalue weighted by molar-refractivity contribution is 5.64. The molecule has 2 N–H and O–H groups in total. The highest BCUT2D eigenvalue weighted by atomic mass is 16.5. The number of nitrogens with one attached hydrogen (secondary N) is 1. The maximum Gasteiger partial charge on any atom is 0.409 e. The molecule has 1 heterocycles. The molecule has 1 aliphatic rings. The molecule has 5 nitrogen and oxygen atoms in total. The Bertz CT molecular complexity index is 145. The van der Waals surface area contributed by atoms with E-state index in [0.717, 1.165) is 11.4 Å². The van der Waals surface area contributed by atoms with Gasteiger partial charge < -0.3 is 15.2 Å². The summed E-state index contributed by atoms with van der Waals surface area (Å²) in [5.74, 6) is 0. The molecule has 1 amide bonds. The van der Waals surface area contributed by atoms with Gasteiger partial charge in [0.05, 0.1) is 6.61 Å². The lowest BCUT2D eigenvalue weighted by Crippen LogP contribution is -2.49. The van der Waals surface area contributed by atoms with Gasteiger partial charge in [-0.1, -0.05) is 0 Å². The van der Waals surface area contributed by atoms with E-state index in [1.807, 2.05) is 0 Å². The van der Waals surface area contributed by atoms with Crippen LogP contribution in [0.2, 0.25) is 0 Å². The SMILES string of the molecule is CN(C(=O)O)C1CNCCO1. The van der Waals surface area contributed by atoms with Gasteiger partial charge in [-0.05, 0) is 0 Å². The lowest BCUT2D eigenvalue weighted by Gasteiger charge is -2.29. The van der Waals surface area contributed by atoms with Crippen LogP contribution in [-0.4, -0.2) is 49.1 Å². The van der Waals surface area contributed by atoms with Gasteiger partial charge in [0.25, 0.3) is 0 Å². The minimum Gasteiger partial charge on any atom is -0.465 e. The maximum atomic E-state index is 10.4. The molecule has 1 atom stereocenters. The van der Waals surface area contributed by atoms with Crippen LogP contribution in [0.5, 0.6) is 0 Å². The van der Waals surface area contributed by atoms with Crippen molar-refractivity contribution in [1.82, 2.24) is 10.2 Å². The molecule has 64 valence electrons. The fourth-order valence-electron chi connectivity index (χ4n) is 0.924.